The minimum Gasteiger partial charge on any atom is -0.393 e. The van der Waals surface area contributed by atoms with Gasteiger partial charge in [0.2, 0.25) is 0 Å². The van der Waals surface area contributed by atoms with Gasteiger partial charge in [-0.25, -0.2) is 0 Å². The molecule has 0 aromatic heterocycles. The lowest BCUT2D eigenvalue weighted by Crippen LogP contribution is -2.98. The fourth-order valence-corrected chi connectivity index (χ4v) is 5.26. The largest absolute Gasteiger partial charge is 0.393 e. The van der Waals surface area contributed by atoms with E-state index in [4.69, 9.17) is 0 Å². The van der Waals surface area contributed by atoms with E-state index in [2.05, 4.69) is 0 Å². The zero-order valence-corrected chi connectivity index (χ0v) is 15.5. The molecule has 0 amide bonds. The lowest BCUT2D eigenvalue weighted by atomic mass is 9.31. The van der Waals surface area contributed by atoms with Crippen molar-refractivity contribution < 1.29 is 25.5 Å². The van der Waals surface area contributed by atoms with Crippen LogP contribution in [0.5, 0.6) is 0 Å². The van der Waals surface area contributed by atoms with Gasteiger partial charge in [0.15, 0.2) is 0 Å². The van der Waals surface area contributed by atoms with Crippen molar-refractivity contribution in [3.63, 3.8) is 0 Å². The highest BCUT2D eigenvalue weighted by Crippen LogP contribution is 2.74. The minimum absolute atomic E-state index is 0.572. The third-order valence-electron chi connectivity index (χ3n) is 6.80. The third-order valence-corrected chi connectivity index (χ3v) is 6.80. The van der Waals surface area contributed by atoms with Crippen LogP contribution in [0, 0.1) is 6.92 Å². The number of aliphatic hydroxyl groups is 5. The molecule has 4 rings (SSSR count). The molecule has 3 unspecified atom stereocenters. The van der Waals surface area contributed by atoms with Crippen molar-refractivity contribution >= 4 is 0 Å². The van der Waals surface area contributed by atoms with Crippen molar-refractivity contribution in [2.45, 2.75) is 55.0 Å². The molecule has 0 saturated heterocycles. The van der Waals surface area contributed by atoms with Crippen LogP contribution in [-0.2, 0) is 6.42 Å². The Morgan fingerprint density at radius 1 is 0.889 bits per heavy atom. The topological polar surface area (TPSA) is 101 Å². The molecule has 0 bridgehead atoms. The van der Waals surface area contributed by atoms with Gasteiger partial charge in [-0.3, -0.25) is 0 Å². The van der Waals surface area contributed by atoms with Crippen molar-refractivity contribution in [3.05, 3.63) is 70.8 Å². The maximum absolute atomic E-state index is 11.3. The van der Waals surface area contributed by atoms with E-state index in [-0.39, 0.29) is 0 Å². The molecule has 0 heterocycles. The van der Waals surface area contributed by atoms with Gasteiger partial charge in [0, 0.05) is 5.92 Å². The average Bonchev–Trinajstić information content (AvgIpc) is 2.69. The summed E-state index contributed by atoms with van der Waals surface area (Å²) < 4.78 is 0. The van der Waals surface area contributed by atoms with E-state index in [1.165, 1.54) is 0 Å². The standard InChI is InChI=1S/C22H26O5/c1-3-14-6-10-15(11-7-14)17-19(24)21(26)18(16-8-4-13(2)5-9-16)20(25,12-23)22(17,21)27/h4-11,17-19,23-27H,3,12H2,1-2H3/t17?,18?,19?,20-,21-,22-/m0/s1. The van der Waals surface area contributed by atoms with Gasteiger partial charge in [0.25, 0.3) is 0 Å². The van der Waals surface area contributed by atoms with E-state index in [0.29, 0.717) is 11.1 Å². The smallest absolute Gasteiger partial charge is 0.137 e. The Morgan fingerprint density at radius 3 is 1.96 bits per heavy atom. The van der Waals surface area contributed by atoms with Gasteiger partial charge < -0.3 is 25.5 Å². The number of aryl methyl sites for hydroxylation is 2. The average molecular weight is 370 g/mol. The van der Waals surface area contributed by atoms with Crippen molar-refractivity contribution in [2.75, 3.05) is 6.61 Å². The number of rotatable bonds is 4. The number of hydrogen-bond donors (Lipinski definition) is 5. The Kier molecular flexibility index (Phi) is 4.04. The predicted molar refractivity (Wildman–Crippen MR) is 100 cm³/mol. The summed E-state index contributed by atoms with van der Waals surface area (Å²) >= 11 is 0. The number of fused-ring (bicyclic) bond motifs is 1. The third kappa shape index (κ3) is 2.01. The van der Waals surface area contributed by atoms with Crippen LogP contribution < -0.4 is 0 Å². The van der Waals surface area contributed by atoms with Crippen molar-refractivity contribution in [1.82, 2.24) is 0 Å². The Labute approximate surface area is 158 Å². The summed E-state index contributed by atoms with van der Waals surface area (Å²) in [5.41, 5.74) is -2.59. The SMILES string of the molecule is CCc1ccc(C2C(O)[C@@]3(O)C(c4ccc(C)cc4)[C@@](O)(CO)[C@@]23O)cc1. The highest BCUT2D eigenvalue weighted by Gasteiger charge is 2.92. The Morgan fingerprint density at radius 2 is 1.44 bits per heavy atom. The zero-order valence-electron chi connectivity index (χ0n) is 15.5. The summed E-state index contributed by atoms with van der Waals surface area (Å²) in [7, 11) is 0. The van der Waals surface area contributed by atoms with Gasteiger partial charge in [-0.2, -0.15) is 0 Å². The lowest BCUT2D eigenvalue weighted by molar-refractivity contribution is -0.448. The quantitative estimate of drug-likeness (QED) is 0.553. The normalized spacial score (nSPS) is 40.0. The Hall–Kier alpha value is -1.76. The molecule has 27 heavy (non-hydrogen) atoms. The van der Waals surface area contributed by atoms with Gasteiger partial charge in [-0.15, -0.1) is 0 Å². The van der Waals surface area contributed by atoms with Crippen LogP contribution in [0.25, 0.3) is 0 Å². The lowest BCUT2D eigenvalue weighted by Gasteiger charge is -2.79. The molecular weight excluding hydrogens is 344 g/mol. The molecule has 2 saturated carbocycles. The van der Waals surface area contributed by atoms with E-state index < -0.39 is 41.3 Å². The molecule has 2 aliphatic carbocycles. The summed E-state index contributed by atoms with van der Waals surface area (Å²) in [6.45, 7) is 3.23. The second-order valence-corrected chi connectivity index (χ2v) is 8.04. The molecule has 0 aliphatic heterocycles. The van der Waals surface area contributed by atoms with Crippen LogP contribution in [0.1, 0.15) is 41.0 Å². The van der Waals surface area contributed by atoms with Gasteiger partial charge in [0.1, 0.15) is 16.8 Å². The molecule has 5 N–H and O–H groups in total. The second kappa shape index (κ2) is 5.87. The molecule has 2 aromatic carbocycles. The van der Waals surface area contributed by atoms with Crippen molar-refractivity contribution in [1.29, 1.82) is 0 Å². The number of aliphatic hydroxyl groups excluding tert-OH is 2. The highest BCUT2D eigenvalue weighted by molar-refractivity contribution is 5.55. The number of hydrogen-bond acceptors (Lipinski definition) is 5. The highest BCUT2D eigenvalue weighted by atomic mass is 16.4. The van der Waals surface area contributed by atoms with Gasteiger partial charge >= 0.3 is 0 Å². The van der Waals surface area contributed by atoms with Crippen LogP contribution in [0.4, 0.5) is 0 Å². The molecule has 6 atom stereocenters. The molecular formula is C22H26O5. The van der Waals surface area contributed by atoms with E-state index in [9.17, 15) is 25.5 Å². The molecule has 5 heteroatoms. The maximum atomic E-state index is 11.3. The van der Waals surface area contributed by atoms with E-state index in [1.54, 1.807) is 24.3 Å². The molecule has 2 fully saturated rings. The van der Waals surface area contributed by atoms with Gasteiger partial charge in [0.05, 0.1) is 18.6 Å². The van der Waals surface area contributed by atoms with Crippen LogP contribution in [-0.4, -0.2) is 55.0 Å². The van der Waals surface area contributed by atoms with Crippen LogP contribution >= 0.6 is 0 Å². The molecule has 0 radical (unpaired) electrons. The van der Waals surface area contributed by atoms with E-state index in [1.807, 2.05) is 38.1 Å². The van der Waals surface area contributed by atoms with Gasteiger partial charge in [-0.05, 0) is 30.0 Å². The Balaban J connectivity index is 1.77. The molecule has 2 aliphatic rings. The summed E-state index contributed by atoms with van der Waals surface area (Å²) in [5, 5.41) is 54.5. The maximum Gasteiger partial charge on any atom is 0.137 e. The fourth-order valence-electron chi connectivity index (χ4n) is 5.26. The molecule has 2 aromatic rings. The minimum atomic E-state index is -2.03. The van der Waals surface area contributed by atoms with E-state index in [0.717, 1.165) is 17.5 Å². The fraction of sp³-hybridized carbons (Fsp3) is 0.455. The van der Waals surface area contributed by atoms with E-state index >= 15 is 0 Å². The molecule has 5 nitrogen and oxygen atoms in total. The first-order valence-electron chi connectivity index (χ1n) is 9.37. The second-order valence-electron chi connectivity index (χ2n) is 8.04. The summed E-state index contributed by atoms with van der Waals surface area (Å²) in [6, 6.07) is 14.5. The number of benzene rings is 2. The van der Waals surface area contributed by atoms with Gasteiger partial charge in [-0.1, -0.05) is 61.0 Å². The predicted octanol–water partition coefficient (Wildman–Crippen LogP) is 0.999. The zero-order chi connectivity index (χ0) is 19.6. The van der Waals surface area contributed by atoms with Crippen LogP contribution in [0.15, 0.2) is 48.5 Å². The molecule has 0 spiro atoms. The monoisotopic (exact) mass is 370 g/mol. The Bertz CT molecular complexity index is 836. The first-order chi connectivity index (χ1) is 12.8. The van der Waals surface area contributed by atoms with Crippen LogP contribution in [0.3, 0.4) is 0 Å². The summed E-state index contributed by atoms with van der Waals surface area (Å²) in [4.78, 5) is 0. The molecule has 144 valence electrons. The first kappa shape index (κ1) is 18.6. The van der Waals surface area contributed by atoms with Crippen molar-refractivity contribution in [3.8, 4) is 0 Å². The van der Waals surface area contributed by atoms with Crippen LogP contribution in [0.2, 0.25) is 0 Å². The first-order valence-corrected chi connectivity index (χ1v) is 9.37. The van der Waals surface area contributed by atoms with Crippen molar-refractivity contribution in [2.24, 2.45) is 0 Å². The summed E-state index contributed by atoms with van der Waals surface area (Å²) in [6.07, 6.45) is -0.397. The summed E-state index contributed by atoms with van der Waals surface area (Å²) in [5.74, 6) is -1.87.